The van der Waals surface area contributed by atoms with Gasteiger partial charge in [-0.15, -0.1) is 0 Å². The number of aliphatic hydroxyl groups excluding tert-OH is 1. The van der Waals surface area contributed by atoms with Gasteiger partial charge in [-0.2, -0.15) is 0 Å². The van der Waals surface area contributed by atoms with Crippen molar-refractivity contribution in [3.05, 3.63) is 23.8 Å². The van der Waals surface area contributed by atoms with Gasteiger partial charge in [0.15, 0.2) is 0 Å². The molecule has 102 valence electrons. The number of hydrogen-bond donors (Lipinski definition) is 2. The molecule has 0 saturated carbocycles. The van der Waals surface area contributed by atoms with Gasteiger partial charge in [0, 0.05) is 11.6 Å². The fraction of sp³-hybridized carbons (Fsp3) is 0.571. The van der Waals surface area contributed by atoms with Crippen LogP contribution in [0.15, 0.2) is 18.2 Å². The number of methoxy groups -OCH3 is 2. The van der Waals surface area contributed by atoms with Crippen molar-refractivity contribution in [2.24, 2.45) is 0 Å². The first kappa shape index (κ1) is 14.8. The molecule has 0 fully saturated rings. The largest absolute Gasteiger partial charge is 0.497 e. The van der Waals surface area contributed by atoms with Crippen LogP contribution in [-0.2, 0) is 0 Å². The van der Waals surface area contributed by atoms with E-state index in [1.54, 1.807) is 20.3 Å². The lowest BCUT2D eigenvalue weighted by molar-refractivity contribution is 0.160. The average molecular weight is 253 g/mol. The summed E-state index contributed by atoms with van der Waals surface area (Å²) in [5.74, 6) is 1.40. The van der Waals surface area contributed by atoms with Crippen LogP contribution in [0, 0.1) is 0 Å². The molecule has 0 aliphatic carbocycles. The van der Waals surface area contributed by atoms with E-state index in [-0.39, 0.29) is 0 Å². The summed E-state index contributed by atoms with van der Waals surface area (Å²) in [6.07, 6.45) is 1.16. The topological polar surface area (TPSA) is 50.7 Å². The van der Waals surface area contributed by atoms with Gasteiger partial charge in [0.25, 0.3) is 0 Å². The van der Waals surface area contributed by atoms with E-state index >= 15 is 0 Å². The molecule has 0 heterocycles. The van der Waals surface area contributed by atoms with E-state index in [9.17, 15) is 5.11 Å². The maximum Gasteiger partial charge on any atom is 0.128 e. The zero-order chi connectivity index (χ0) is 13.4. The normalized spacial score (nSPS) is 12.2. The van der Waals surface area contributed by atoms with Gasteiger partial charge in [-0.25, -0.2) is 0 Å². The number of aliphatic hydroxyl groups is 1. The Labute approximate surface area is 109 Å². The molecule has 4 nitrogen and oxygen atoms in total. The van der Waals surface area contributed by atoms with Gasteiger partial charge < -0.3 is 19.9 Å². The van der Waals surface area contributed by atoms with E-state index < -0.39 is 6.10 Å². The zero-order valence-electron chi connectivity index (χ0n) is 11.4. The number of benzene rings is 1. The molecule has 0 aliphatic heterocycles. The first-order valence-corrected chi connectivity index (χ1v) is 6.33. The summed E-state index contributed by atoms with van der Waals surface area (Å²) >= 11 is 0. The molecule has 0 spiro atoms. The van der Waals surface area contributed by atoms with Crippen molar-refractivity contribution < 1.29 is 14.6 Å². The molecule has 18 heavy (non-hydrogen) atoms. The summed E-state index contributed by atoms with van der Waals surface area (Å²) in [5.41, 5.74) is 0.815. The number of ether oxygens (including phenoxy) is 2. The van der Waals surface area contributed by atoms with Gasteiger partial charge in [-0.3, -0.25) is 0 Å². The SMILES string of the molecule is CCNCCCC(O)c1ccc(OC)cc1OC. The molecule has 0 amide bonds. The van der Waals surface area contributed by atoms with Gasteiger partial charge in [-0.1, -0.05) is 6.92 Å². The van der Waals surface area contributed by atoms with Crippen LogP contribution in [-0.4, -0.2) is 32.4 Å². The van der Waals surface area contributed by atoms with Crippen molar-refractivity contribution in [2.45, 2.75) is 25.9 Å². The molecule has 1 aromatic carbocycles. The van der Waals surface area contributed by atoms with Gasteiger partial charge in [0.05, 0.1) is 20.3 Å². The van der Waals surface area contributed by atoms with Gasteiger partial charge >= 0.3 is 0 Å². The zero-order valence-corrected chi connectivity index (χ0v) is 11.4. The van der Waals surface area contributed by atoms with Crippen LogP contribution >= 0.6 is 0 Å². The Morgan fingerprint density at radius 3 is 2.67 bits per heavy atom. The second-order valence-electron chi connectivity index (χ2n) is 4.12. The lowest BCUT2D eigenvalue weighted by atomic mass is 10.0. The third-order valence-electron chi connectivity index (χ3n) is 2.88. The van der Waals surface area contributed by atoms with Crippen molar-refractivity contribution in [2.75, 3.05) is 27.3 Å². The lowest BCUT2D eigenvalue weighted by Gasteiger charge is -2.15. The molecule has 2 N–H and O–H groups in total. The molecule has 1 aromatic rings. The van der Waals surface area contributed by atoms with Crippen LogP contribution in [0.1, 0.15) is 31.4 Å². The minimum absolute atomic E-state index is 0.496. The molecule has 0 saturated heterocycles. The standard InChI is InChI=1S/C14H23NO3/c1-4-15-9-5-6-13(16)12-8-7-11(17-2)10-14(12)18-3/h7-8,10,13,15-16H,4-6,9H2,1-3H3. The van der Waals surface area contributed by atoms with Crippen LogP contribution in [0.4, 0.5) is 0 Å². The van der Waals surface area contributed by atoms with E-state index in [0.29, 0.717) is 5.75 Å². The average Bonchev–Trinajstić information content (AvgIpc) is 2.42. The summed E-state index contributed by atoms with van der Waals surface area (Å²) < 4.78 is 10.4. The third kappa shape index (κ3) is 4.20. The first-order valence-electron chi connectivity index (χ1n) is 6.33. The predicted octanol–water partition coefficient (Wildman–Crippen LogP) is 2.13. The van der Waals surface area contributed by atoms with E-state index in [1.165, 1.54) is 0 Å². The van der Waals surface area contributed by atoms with Crippen LogP contribution in [0.2, 0.25) is 0 Å². The van der Waals surface area contributed by atoms with Crippen molar-refractivity contribution in [1.29, 1.82) is 0 Å². The Morgan fingerprint density at radius 2 is 2.06 bits per heavy atom. The summed E-state index contributed by atoms with van der Waals surface area (Å²) in [7, 11) is 3.21. The Balaban J connectivity index is 2.63. The highest BCUT2D eigenvalue weighted by Gasteiger charge is 2.13. The van der Waals surface area contributed by atoms with Crippen LogP contribution in [0.3, 0.4) is 0 Å². The van der Waals surface area contributed by atoms with E-state index in [0.717, 1.165) is 37.2 Å². The fourth-order valence-corrected chi connectivity index (χ4v) is 1.85. The predicted molar refractivity (Wildman–Crippen MR) is 72.3 cm³/mol. The lowest BCUT2D eigenvalue weighted by Crippen LogP contribution is -2.15. The molecule has 4 heteroatoms. The fourth-order valence-electron chi connectivity index (χ4n) is 1.85. The Kier molecular flexibility index (Phi) is 6.54. The summed E-state index contributed by atoms with van der Waals surface area (Å²) in [6, 6.07) is 5.49. The van der Waals surface area contributed by atoms with Gasteiger partial charge in [0.2, 0.25) is 0 Å². The minimum atomic E-state index is -0.496. The van der Waals surface area contributed by atoms with Gasteiger partial charge in [0.1, 0.15) is 11.5 Å². The van der Waals surface area contributed by atoms with E-state index in [2.05, 4.69) is 12.2 Å². The van der Waals surface area contributed by atoms with E-state index in [1.807, 2.05) is 12.1 Å². The summed E-state index contributed by atoms with van der Waals surface area (Å²) in [4.78, 5) is 0. The molecule has 1 rings (SSSR count). The molecular weight excluding hydrogens is 230 g/mol. The van der Waals surface area contributed by atoms with Crippen molar-refractivity contribution in [3.63, 3.8) is 0 Å². The molecule has 0 aliphatic rings. The van der Waals surface area contributed by atoms with Crippen LogP contribution < -0.4 is 14.8 Å². The Bertz CT molecular complexity index is 355. The second kappa shape index (κ2) is 7.95. The molecule has 0 radical (unpaired) electrons. The molecule has 0 bridgehead atoms. The first-order chi connectivity index (χ1) is 8.72. The highest BCUT2D eigenvalue weighted by atomic mass is 16.5. The summed E-state index contributed by atoms with van der Waals surface area (Å²) in [5, 5.41) is 13.4. The van der Waals surface area contributed by atoms with Gasteiger partial charge in [-0.05, 0) is 38.1 Å². The highest BCUT2D eigenvalue weighted by molar-refractivity contribution is 5.41. The Morgan fingerprint density at radius 1 is 1.28 bits per heavy atom. The van der Waals surface area contributed by atoms with Crippen LogP contribution in [0.5, 0.6) is 11.5 Å². The molecule has 1 unspecified atom stereocenters. The monoisotopic (exact) mass is 253 g/mol. The Hall–Kier alpha value is -1.26. The highest BCUT2D eigenvalue weighted by Crippen LogP contribution is 2.31. The smallest absolute Gasteiger partial charge is 0.128 e. The maximum absolute atomic E-state index is 10.1. The third-order valence-corrected chi connectivity index (χ3v) is 2.88. The van der Waals surface area contributed by atoms with Crippen molar-refractivity contribution >= 4 is 0 Å². The van der Waals surface area contributed by atoms with E-state index in [4.69, 9.17) is 9.47 Å². The number of hydrogen-bond acceptors (Lipinski definition) is 4. The quantitative estimate of drug-likeness (QED) is 0.697. The molecule has 1 atom stereocenters. The molecular formula is C14H23NO3. The molecule has 0 aromatic heterocycles. The maximum atomic E-state index is 10.1. The minimum Gasteiger partial charge on any atom is -0.497 e. The van der Waals surface area contributed by atoms with Crippen molar-refractivity contribution in [1.82, 2.24) is 5.32 Å². The van der Waals surface area contributed by atoms with Crippen LogP contribution in [0.25, 0.3) is 0 Å². The second-order valence-corrected chi connectivity index (χ2v) is 4.12. The number of nitrogens with one attached hydrogen (secondary N) is 1. The summed E-state index contributed by atoms with van der Waals surface area (Å²) in [6.45, 7) is 3.96. The number of rotatable bonds is 8. The van der Waals surface area contributed by atoms with Crippen molar-refractivity contribution in [3.8, 4) is 11.5 Å².